The molecule has 0 spiro atoms. The number of nitrogens with zero attached hydrogens (tertiary/aromatic N) is 2. The van der Waals surface area contributed by atoms with Gasteiger partial charge in [0.05, 0.1) is 14.6 Å². The van der Waals surface area contributed by atoms with Gasteiger partial charge in [0.2, 0.25) is 11.7 Å². The summed E-state index contributed by atoms with van der Waals surface area (Å²) >= 11 is 5.00. The van der Waals surface area contributed by atoms with Crippen molar-refractivity contribution in [1.82, 2.24) is 10.1 Å². The van der Waals surface area contributed by atoms with Gasteiger partial charge in [0.25, 0.3) is 0 Å². The number of hydrogen-bond donors (Lipinski definition) is 1. The molecule has 0 saturated heterocycles. The Balaban J connectivity index is 1.86. The van der Waals surface area contributed by atoms with E-state index in [-0.39, 0.29) is 12.0 Å². The summed E-state index contributed by atoms with van der Waals surface area (Å²) in [5, 5.41) is 4.00. The van der Waals surface area contributed by atoms with E-state index in [0.29, 0.717) is 11.7 Å². The monoisotopic (exact) mass is 311 g/mol. The molecule has 1 aliphatic carbocycles. The molecule has 0 aliphatic heterocycles. The van der Waals surface area contributed by atoms with Gasteiger partial charge in [-0.05, 0) is 34.5 Å². The predicted molar refractivity (Wildman–Crippen MR) is 69.8 cm³/mol. The topological polar surface area (TPSA) is 64.9 Å². The van der Waals surface area contributed by atoms with Crippen molar-refractivity contribution in [1.29, 1.82) is 0 Å². The first-order valence-electron chi connectivity index (χ1n) is 5.25. The fourth-order valence-electron chi connectivity index (χ4n) is 1.83. The molecule has 4 nitrogen and oxygen atoms in total. The van der Waals surface area contributed by atoms with Gasteiger partial charge in [-0.2, -0.15) is 4.98 Å². The Labute approximate surface area is 111 Å². The minimum absolute atomic E-state index is 0.103. The van der Waals surface area contributed by atoms with E-state index in [4.69, 9.17) is 10.3 Å². The second-order valence-corrected chi connectivity index (χ2v) is 6.41. The highest BCUT2D eigenvalue weighted by Crippen LogP contribution is 2.32. The van der Waals surface area contributed by atoms with Crippen molar-refractivity contribution in [3.8, 4) is 10.7 Å². The van der Waals surface area contributed by atoms with Gasteiger partial charge in [-0.1, -0.05) is 17.3 Å². The van der Waals surface area contributed by atoms with Crippen LogP contribution in [-0.4, -0.2) is 16.2 Å². The van der Waals surface area contributed by atoms with E-state index >= 15 is 0 Å². The van der Waals surface area contributed by atoms with E-state index in [2.05, 4.69) is 26.1 Å². The van der Waals surface area contributed by atoms with Crippen molar-refractivity contribution < 1.29 is 4.52 Å². The van der Waals surface area contributed by atoms with Crippen molar-refractivity contribution in [2.75, 3.05) is 0 Å². The molecule has 0 radical (unpaired) electrons. The number of aromatic nitrogens is 2. The van der Waals surface area contributed by atoms with E-state index < -0.39 is 0 Å². The Morgan fingerprint density at radius 1 is 1.41 bits per heavy atom. The molecule has 2 unspecified atom stereocenters. The highest BCUT2D eigenvalue weighted by atomic mass is 79.9. The van der Waals surface area contributed by atoms with Gasteiger partial charge in [0, 0.05) is 6.04 Å². The maximum atomic E-state index is 5.80. The van der Waals surface area contributed by atoms with Gasteiger partial charge in [0.15, 0.2) is 0 Å². The summed E-state index contributed by atoms with van der Waals surface area (Å²) < 4.78 is 6.34. The first-order chi connectivity index (χ1) is 8.22. The highest BCUT2D eigenvalue weighted by Gasteiger charge is 2.23. The standard InChI is InChI=1S/C11H10BrN3OS/c12-9-4-3-8(17-9)10-14-11(16-15-10)6-1-2-7(13)5-6/h1-4,6-7H,5,13H2. The number of hydrogen-bond acceptors (Lipinski definition) is 5. The number of nitrogens with two attached hydrogens (primary N) is 1. The molecule has 0 bridgehead atoms. The number of halogens is 1. The SMILES string of the molecule is NC1C=CC(c2nc(-c3ccc(Br)s3)no2)C1. The molecule has 2 heterocycles. The largest absolute Gasteiger partial charge is 0.338 e. The van der Waals surface area contributed by atoms with E-state index in [0.717, 1.165) is 15.1 Å². The summed E-state index contributed by atoms with van der Waals surface area (Å²) in [7, 11) is 0. The van der Waals surface area contributed by atoms with Crippen LogP contribution < -0.4 is 5.73 Å². The predicted octanol–water partition coefficient (Wildman–Crippen LogP) is 2.93. The molecule has 0 aromatic carbocycles. The molecule has 17 heavy (non-hydrogen) atoms. The normalized spacial score (nSPS) is 23.4. The third-order valence-corrected chi connectivity index (χ3v) is 4.29. The second kappa shape index (κ2) is 4.36. The average Bonchev–Trinajstić information content (AvgIpc) is 2.96. The smallest absolute Gasteiger partial charge is 0.233 e. The molecular formula is C11H10BrN3OS. The van der Waals surface area contributed by atoms with Gasteiger partial charge in [-0.15, -0.1) is 11.3 Å². The molecule has 2 aromatic rings. The summed E-state index contributed by atoms with van der Waals surface area (Å²) in [5.74, 6) is 1.45. The molecule has 0 amide bonds. The van der Waals surface area contributed by atoms with Crippen LogP contribution in [-0.2, 0) is 0 Å². The van der Waals surface area contributed by atoms with Gasteiger partial charge in [0.1, 0.15) is 0 Å². The Morgan fingerprint density at radius 3 is 2.94 bits per heavy atom. The first kappa shape index (κ1) is 11.1. The third-order valence-electron chi connectivity index (χ3n) is 2.67. The Hall–Kier alpha value is -0.980. The summed E-state index contributed by atoms with van der Waals surface area (Å²) in [6.07, 6.45) is 4.86. The van der Waals surface area contributed by atoms with E-state index in [1.54, 1.807) is 11.3 Å². The van der Waals surface area contributed by atoms with Crippen LogP contribution in [0.2, 0.25) is 0 Å². The van der Waals surface area contributed by atoms with Crippen LogP contribution >= 0.6 is 27.3 Å². The lowest BCUT2D eigenvalue weighted by molar-refractivity contribution is 0.365. The third kappa shape index (κ3) is 2.20. The maximum Gasteiger partial charge on any atom is 0.233 e. The fourth-order valence-corrected chi connectivity index (χ4v) is 3.14. The van der Waals surface area contributed by atoms with E-state index in [9.17, 15) is 0 Å². The lowest BCUT2D eigenvalue weighted by atomic mass is 10.1. The van der Waals surface area contributed by atoms with Crippen LogP contribution in [0.1, 0.15) is 18.2 Å². The van der Waals surface area contributed by atoms with Crippen molar-refractivity contribution in [3.05, 3.63) is 34.0 Å². The summed E-state index contributed by atoms with van der Waals surface area (Å²) in [6, 6.07) is 4.05. The highest BCUT2D eigenvalue weighted by molar-refractivity contribution is 9.11. The molecular weight excluding hydrogens is 302 g/mol. The molecule has 88 valence electrons. The number of allylic oxidation sites excluding steroid dienone is 1. The average molecular weight is 312 g/mol. The lowest BCUT2D eigenvalue weighted by Gasteiger charge is -2.01. The quantitative estimate of drug-likeness (QED) is 0.866. The van der Waals surface area contributed by atoms with Crippen LogP contribution in [0.3, 0.4) is 0 Å². The maximum absolute atomic E-state index is 5.80. The van der Waals surface area contributed by atoms with Crippen LogP contribution in [0.15, 0.2) is 32.6 Å². The Bertz CT molecular complexity index is 563. The molecule has 0 saturated carbocycles. The van der Waals surface area contributed by atoms with Crippen molar-refractivity contribution in [2.24, 2.45) is 5.73 Å². The molecule has 1 aliphatic rings. The second-order valence-electron chi connectivity index (χ2n) is 3.95. The minimum atomic E-state index is 0.103. The Morgan fingerprint density at radius 2 is 2.29 bits per heavy atom. The molecule has 2 atom stereocenters. The number of rotatable bonds is 2. The van der Waals surface area contributed by atoms with Gasteiger partial charge >= 0.3 is 0 Å². The van der Waals surface area contributed by atoms with E-state index in [1.165, 1.54) is 0 Å². The first-order valence-corrected chi connectivity index (χ1v) is 6.86. The van der Waals surface area contributed by atoms with Gasteiger partial charge < -0.3 is 10.3 Å². The van der Waals surface area contributed by atoms with Crippen LogP contribution in [0.25, 0.3) is 10.7 Å². The van der Waals surface area contributed by atoms with Crippen molar-refractivity contribution >= 4 is 27.3 Å². The molecule has 6 heteroatoms. The van der Waals surface area contributed by atoms with Crippen LogP contribution in [0.4, 0.5) is 0 Å². The molecule has 3 rings (SSSR count). The van der Waals surface area contributed by atoms with Crippen LogP contribution in [0, 0.1) is 0 Å². The zero-order valence-electron chi connectivity index (χ0n) is 8.84. The summed E-state index contributed by atoms with van der Waals surface area (Å²) in [5.41, 5.74) is 5.80. The van der Waals surface area contributed by atoms with Gasteiger partial charge in [-0.25, -0.2) is 0 Å². The molecule has 0 fully saturated rings. The number of thiophene rings is 1. The molecule has 2 N–H and O–H groups in total. The summed E-state index contributed by atoms with van der Waals surface area (Å²) in [4.78, 5) is 5.41. The van der Waals surface area contributed by atoms with Crippen molar-refractivity contribution in [2.45, 2.75) is 18.4 Å². The zero-order chi connectivity index (χ0) is 11.8. The molecule has 2 aromatic heterocycles. The Kier molecular flexibility index (Phi) is 2.85. The lowest BCUT2D eigenvalue weighted by Crippen LogP contribution is -2.14. The van der Waals surface area contributed by atoms with Crippen LogP contribution in [0.5, 0.6) is 0 Å². The van der Waals surface area contributed by atoms with E-state index in [1.807, 2.05) is 24.3 Å². The zero-order valence-corrected chi connectivity index (χ0v) is 11.2. The minimum Gasteiger partial charge on any atom is -0.338 e. The fraction of sp³-hybridized carbons (Fsp3) is 0.273. The summed E-state index contributed by atoms with van der Waals surface area (Å²) in [6.45, 7) is 0. The van der Waals surface area contributed by atoms with Crippen molar-refractivity contribution in [3.63, 3.8) is 0 Å². The van der Waals surface area contributed by atoms with Gasteiger partial charge in [-0.3, -0.25) is 0 Å².